The molecule has 0 aliphatic carbocycles. The van der Waals surface area contributed by atoms with Crippen molar-refractivity contribution in [2.75, 3.05) is 38.7 Å². The number of benzene rings is 1. The maximum atomic E-state index is 11.2. The molecule has 0 amide bonds. The molecule has 7 heteroatoms. The molecule has 1 aromatic rings. The monoisotopic (exact) mass is 493 g/mol. The van der Waals surface area contributed by atoms with Gasteiger partial charge in [-0.25, -0.2) is 8.42 Å². The topological polar surface area (TPSA) is 61.8 Å². The van der Waals surface area contributed by atoms with Gasteiger partial charge in [0, 0.05) is 32.9 Å². The Labute approximate surface area is 175 Å². The van der Waals surface area contributed by atoms with Gasteiger partial charge in [-0.05, 0) is 30.2 Å². The van der Waals surface area contributed by atoms with Crippen LogP contribution in [-0.2, 0) is 9.84 Å². The molecular weight excluding hydrogens is 461 g/mol. The predicted octanol–water partition coefficient (Wildman–Crippen LogP) is 3.13. The third kappa shape index (κ3) is 7.06. The van der Waals surface area contributed by atoms with Crippen molar-refractivity contribution in [2.45, 2.75) is 32.1 Å². The highest BCUT2D eigenvalue weighted by Gasteiger charge is 2.30. The van der Waals surface area contributed by atoms with E-state index >= 15 is 0 Å². The van der Waals surface area contributed by atoms with Gasteiger partial charge in [0.15, 0.2) is 5.96 Å². The molecule has 0 bridgehead atoms. The fourth-order valence-electron chi connectivity index (χ4n) is 3.64. The van der Waals surface area contributed by atoms with Gasteiger partial charge in [0.25, 0.3) is 0 Å². The van der Waals surface area contributed by atoms with Crippen LogP contribution >= 0.6 is 24.0 Å². The average molecular weight is 493 g/mol. The van der Waals surface area contributed by atoms with E-state index in [9.17, 15) is 8.42 Å². The Hall–Kier alpha value is -0.830. The first-order valence-corrected chi connectivity index (χ1v) is 11.2. The van der Waals surface area contributed by atoms with E-state index in [2.05, 4.69) is 52.5 Å². The maximum Gasteiger partial charge on any atom is 0.193 e. The van der Waals surface area contributed by atoms with Crippen LogP contribution in [0, 0.1) is 5.92 Å². The maximum absolute atomic E-state index is 11.2. The summed E-state index contributed by atoms with van der Waals surface area (Å²) in [4.78, 5) is 6.71. The van der Waals surface area contributed by atoms with E-state index in [-0.39, 0.29) is 29.7 Å². The van der Waals surface area contributed by atoms with E-state index in [0.717, 1.165) is 31.9 Å². The Balaban J connectivity index is 0.00000338. The lowest BCUT2D eigenvalue weighted by Crippen LogP contribution is -2.48. The van der Waals surface area contributed by atoms with E-state index in [4.69, 9.17) is 0 Å². The summed E-state index contributed by atoms with van der Waals surface area (Å²) >= 11 is 0. The van der Waals surface area contributed by atoms with Gasteiger partial charge in [0.05, 0.1) is 5.75 Å². The summed E-state index contributed by atoms with van der Waals surface area (Å²) in [5.74, 6) is 2.31. The Kier molecular flexibility index (Phi) is 9.92. The van der Waals surface area contributed by atoms with E-state index in [1.807, 2.05) is 0 Å². The molecule has 0 saturated carbocycles. The fraction of sp³-hybridized carbons (Fsp3) is 0.632. The second-order valence-electron chi connectivity index (χ2n) is 6.88. The molecule has 2 atom stereocenters. The molecule has 148 valence electrons. The molecule has 2 unspecified atom stereocenters. The average Bonchev–Trinajstić information content (AvgIpc) is 2.61. The van der Waals surface area contributed by atoms with Crippen molar-refractivity contribution in [3.8, 4) is 0 Å². The van der Waals surface area contributed by atoms with E-state index < -0.39 is 9.84 Å². The van der Waals surface area contributed by atoms with Gasteiger partial charge in [-0.1, -0.05) is 43.7 Å². The van der Waals surface area contributed by atoms with Crippen LogP contribution in [0.15, 0.2) is 35.3 Å². The summed E-state index contributed by atoms with van der Waals surface area (Å²) in [5.41, 5.74) is 1.44. The highest BCUT2D eigenvalue weighted by atomic mass is 127. The third-order valence-electron chi connectivity index (χ3n) is 4.97. The van der Waals surface area contributed by atoms with E-state index in [1.165, 1.54) is 11.8 Å². The number of hydrogen-bond acceptors (Lipinski definition) is 3. The van der Waals surface area contributed by atoms with Crippen molar-refractivity contribution < 1.29 is 8.42 Å². The molecule has 0 aromatic heterocycles. The second-order valence-corrected chi connectivity index (χ2v) is 9.14. The number of sulfone groups is 1. The zero-order valence-electron chi connectivity index (χ0n) is 16.0. The molecule has 0 spiro atoms. The van der Waals surface area contributed by atoms with Gasteiger partial charge in [0.2, 0.25) is 0 Å². The molecule has 2 rings (SSSR count). The Morgan fingerprint density at radius 2 is 2.00 bits per heavy atom. The summed E-state index contributed by atoms with van der Waals surface area (Å²) in [7, 11) is -1.10. The summed E-state index contributed by atoms with van der Waals surface area (Å²) < 4.78 is 22.5. The van der Waals surface area contributed by atoms with Crippen LogP contribution in [-0.4, -0.2) is 58.0 Å². The molecule has 1 saturated heterocycles. The summed E-state index contributed by atoms with van der Waals surface area (Å²) in [6.07, 6.45) is 4.14. The Morgan fingerprint density at radius 1 is 1.31 bits per heavy atom. The lowest BCUT2D eigenvalue weighted by Gasteiger charge is -2.40. The van der Waals surface area contributed by atoms with Crippen LogP contribution in [0.4, 0.5) is 0 Å². The largest absolute Gasteiger partial charge is 0.356 e. The van der Waals surface area contributed by atoms with Crippen LogP contribution in [0.1, 0.15) is 37.7 Å². The van der Waals surface area contributed by atoms with Gasteiger partial charge < -0.3 is 10.2 Å². The minimum Gasteiger partial charge on any atom is -0.356 e. The fourth-order valence-corrected chi connectivity index (χ4v) is 4.31. The predicted molar refractivity (Wildman–Crippen MR) is 120 cm³/mol. The molecule has 1 heterocycles. The molecule has 1 aliphatic heterocycles. The van der Waals surface area contributed by atoms with Crippen molar-refractivity contribution in [3.05, 3.63) is 35.9 Å². The lowest BCUT2D eigenvalue weighted by atomic mass is 9.79. The zero-order valence-corrected chi connectivity index (χ0v) is 19.2. The minimum atomic E-state index is -2.90. The number of piperidine rings is 1. The van der Waals surface area contributed by atoms with Crippen molar-refractivity contribution in [1.29, 1.82) is 0 Å². The summed E-state index contributed by atoms with van der Waals surface area (Å²) in [6.45, 7) is 4.85. The summed E-state index contributed by atoms with van der Waals surface area (Å²) in [5, 5.41) is 3.32. The van der Waals surface area contributed by atoms with Crippen LogP contribution in [0.3, 0.4) is 0 Å². The van der Waals surface area contributed by atoms with Crippen LogP contribution in [0.5, 0.6) is 0 Å². The SMILES string of the molecule is CCC1CN(C(=NC)NCCCS(C)(=O)=O)CCC1c1ccccc1.I. The highest BCUT2D eigenvalue weighted by Crippen LogP contribution is 2.34. The standard InChI is InChI=1S/C19H31N3O2S.HI/c1-4-16-15-22(13-11-18(16)17-9-6-5-7-10-17)19(20-2)21-12-8-14-25(3,23)24;/h5-7,9-10,16,18H,4,8,11-15H2,1-3H3,(H,20,21);1H. The highest BCUT2D eigenvalue weighted by molar-refractivity contribution is 14.0. The van der Waals surface area contributed by atoms with Gasteiger partial charge in [-0.3, -0.25) is 4.99 Å². The molecule has 26 heavy (non-hydrogen) atoms. The van der Waals surface area contributed by atoms with Crippen LogP contribution in [0.2, 0.25) is 0 Å². The van der Waals surface area contributed by atoms with Gasteiger partial charge in [-0.15, -0.1) is 24.0 Å². The first-order valence-electron chi connectivity index (χ1n) is 9.13. The quantitative estimate of drug-likeness (QED) is 0.286. The molecule has 1 aromatic carbocycles. The number of nitrogens with zero attached hydrogens (tertiary/aromatic N) is 2. The van der Waals surface area contributed by atoms with Crippen molar-refractivity contribution in [3.63, 3.8) is 0 Å². The van der Waals surface area contributed by atoms with Gasteiger partial charge >= 0.3 is 0 Å². The first-order chi connectivity index (χ1) is 11.9. The molecule has 5 nitrogen and oxygen atoms in total. The van der Waals surface area contributed by atoms with Gasteiger partial charge in [-0.2, -0.15) is 0 Å². The van der Waals surface area contributed by atoms with Crippen molar-refractivity contribution >= 4 is 39.8 Å². The molecule has 1 aliphatic rings. The van der Waals surface area contributed by atoms with Crippen LogP contribution in [0.25, 0.3) is 0 Å². The van der Waals surface area contributed by atoms with E-state index in [1.54, 1.807) is 7.05 Å². The number of rotatable bonds is 6. The van der Waals surface area contributed by atoms with Crippen molar-refractivity contribution in [2.24, 2.45) is 10.9 Å². The van der Waals surface area contributed by atoms with E-state index in [0.29, 0.717) is 24.8 Å². The molecular formula is C19H32IN3O2S. The minimum absolute atomic E-state index is 0. The number of likely N-dealkylation sites (tertiary alicyclic amines) is 1. The normalized spacial score (nSPS) is 21.2. The zero-order chi connectivity index (χ0) is 18.3. The number of aliphatic imine (C=N–C) groups is 1. The number of halogens is 1. The Morgan fingerprint density at radius 3 is 2.58 bits per heavy atom. The summed E-state index contributed by atoms with van der Waals surface area (Å²) in [6, 6.07) is 10.8. The van der Waals surface area contributed by atoms with Crippen LogP contribution < -0.4 is 5.32 Å². The van der Waals surface area contributed by atoms with Gasteiger partial charge in [0.1, 0.15) is 9.84 Å². The smallest absolute Gasteiger partial charge is 0.193 e. The number of nitrogens with one attached hydrogen (secondary N) is 1. The first kappa shape index (κ1) is 23.2. The van der Waals surface area contributed by atoms with Crippen molar-refractivity contribution in [1.82, 2.24) is 10.2 Å². The lowest BCUT2D eigenvalue weighted by molar-refractivity contribution is 0.216. The number of hydrogen-bond donors (Lipinski definition) is 1. The number of guanidine groups is 1. The molecule has 0 radical (unpaired) electrons. The Bertz CT molecular complexity index is 665. The molecule has 1 N–H and O–H groups in total. The second kappa shape index (κ2) is 11.1. The molecule has 1 fully saturated rings. The third-order valence-corrected chi connectivity index (χ3v) is 6.00.